The van der Waals surface area contributed by atoms with Crippen molar-refractivity contribution < 1.29 is 5.11 Å². The van der Waals surface area contributed by atoms with Gasteiger partial charge in [-0.05, 0) is 6.42 Å². The van der Waals surface area contributed by atoms with Crippen molar-refractivity contribution in [2.24, 2.45) is 0 Å². The maximum Gasteiger partial charge on any atom is 0.387 e. The van der Waals surface area contributed by atoms with E-state index < -0.39 is 0 Å². The number of rotatable bonds is 3. The Morgan fingerprint density at radius 3 is 3.00 bits per heavy atom. The van der Waals surface area contributed by atoms with Gasteiger partial charge in [-0.15, -0.1) is 12.3 Å². The molecule has 0 fully saturated rings. The Morgan fingerprint density at radius 2 is 2.50 bits per heavy atom. The van der Waals surface area contributed by atoms with Crippen molar-refractivity contribution in [2.45, 2.75) is 19.3 Å². The van der Waals surface area contributed by atoms with Crippen LogP contribution in [0, 0.1) is 17.7 Å². The number of aliphatic hydroxyl groups is 1. The number of hydrogen-bond donors (Lipinski definition) is 1. The third-order valence-corrected chi connectivity index (χ3v) is 0.961. The van der Waals surface area contributed by atoms with Crippen LogP contribution in [0.1, 0.15) is 19.3 Å². The molecular weight excluding hydrogens is 128 g/mol. The van der Waals surface area contributed by atoms with Gasteiger partial charge in [0.25, 0.3) is 0 Å². The highest BCUT2D eigenvalue weighted by atomic mass is 16.3. The van der Waals surface area contributed by atoms with Gasteiger partial charge in [-0.25, -0.2) is 0 Å². The van der Waals surface area contributed by atoms with Crippen molar-refractivity contribution >= 4 is 0 Å². The fourth-order valence-corrected chi connectivity index (χ4v) is 0.503. The summed E-state index contributed by atoms with van der Waals surface area (Å²) in [6.45, 7) is 0. The van der Waals surface area contributed by atoms with Crippen molar-refractivity contribution in [1.82, 2.24) is 0 Å². The highest BCUT2D eigenvalue weighted by molar-refractivity contribution is 4.96. The molecule has 0 aliphatic carbocycles. The molecule has 0 spiro atoms. The first kappa shape index (κ1) is 8.52. The first-order valence-electron chi connectivity index (χ1n) is 2.97. The molecule has 10 heavy (non-hydrogen) atoms. The van der Waals surface area contributed by atoms with Crippen LogP contribution in [-0.2, 0) is 0 Å². The monoisotopic (exact) mass is 137 g/mol. The van der Waals surface area contributed by atoms with E-state index in [1.807, 2.05) is 0 Å². The van der Waals surface area contributed by atoms with Gasteiger partial charge in [-0.2, -0.15) is 0 Å². The van der Waals surface area contributed by atoms with Gasteiger partial charge in [0.2, 0.25) is 5.39 Å². The standard InChI is InChI=1S/C7H8N2O/c1-2-3-4-5-7(10)6-9-8/h1,6H,3-5H2/p+1/b7-6-. The van der Waals surface area contributed by atoms with E-state index in [9.17, 15) is 0 Å². The van der Waals surface area contributed by atoms with Gasteiger partial charge in [0, 0.05) is 12.8 Å². The fourth-order valence-electron chi connectivity index (χ4n) is 0.503. The summed E-state index contributed by atoms with van der Waals surface area (Å²) in [7, 11) is 0. The second kappa shape index (κ2) is 5.65. The van der Waals surface area contributed by atoms with Crippen LogP contribution in [0.5, 0.6) is 0 Å². The van der Waals surface area contributed by atoms with Crippen LogP contribution in [0.3, 0.4) is 0 Å². The van der Waals surface area contributed by atoms with E-state index in [4.69, 9.17) is 16.9 Å². The third kappa shape index (κ3) is 4.67. The summed E-state index contributed by atoms with van der Waals surface area (Å²) < 4.78 is 0. The second-order valence-electron chi connectivity index (χ2n) is 1.79. The van der Waals surface area contributed by atoms with E-state index in [0.29, 0.717) is 19.3 Å². The van der Waals surface area contributed by atoms with Crippen LogP contribution in [0.15, 0.2) is 12.0 Å². The number of aliphatic hydroxyl groups excluding tert-OH is 1. The Hall–Kier alpha value is -1.48. The number of terminal acetylenes is 1. The van der Waals surface area contributed by atoms with Gasteiger partial charge in [0.15, 0.2) is 10.7 Å². The zero-order valence-electron chi connectivity index (χ0n) is 5.62. The molecule has 0 amide bonds. The molecule has 0 bridgehead atoms. The zero-order valence-corrected chi connectivity index (χ0v) is 5.62. The molecule has 0 aliphatic heterocycles. The molecule has 0 aromatic carbocycles. The van der Waals surface area contributed by atoms with Gasteiger partial charge in [0.05, 0.1) is 0 Å². The summed E-state index contributed by atoms with van der Waals surface area (Å²) in [5.74, 6) is 2.49. The number of nitrogens with zero attached hydrogens (tertiary/aromatic N) is 2. The van der Waals surface area contributed by atoms with E-state index in [1.54, 1.807) is 0 Å². The lowest BCUT2D eigenvalue weighted by atomic mass is 10.2. The van der Waals surface area contributed by atoms with E-state index >= 15 is 0 Å². The maximum absolute atomic E-state index is 8.81. The number of unbranched alkanes of at least 4 members (excludes halogenated alkanes) is 1. The molecule has 3 nitrogen and oxygen atoms in total. The number of allylic oxidation sites excluding steroid dienone is 1. The largest absolute Gasteiger partial charge is 0.505 e. The summed E-state index contributed by atoms with van der Waals surface area (Å²) in [4.78, 5) is 2.65. The molecule has 0 saturated carbocycles. The molecular formula is C7H9N2O+. The van der Waals surface area contributed by atoms with E-state index in [0.717, 1.165) is 6.20 Å². The minimum atomic E-state index is 0.0535. The molecule has 0 heterocycles. The Labute approximate surface area is 60.0 Å². The molecule has 1 N–H and O–H groups in total. The van der Waals surface area contributed by atoms with Crippen LogP contribution in [-0.4, -0.2) is 5.11 Å². The van der Waals surface area contributed by atoms with E-state index in [1.165, 1.54) is 0 Å². The Kier molecular flexibility index (Phi) is 4.82. The summed E-state index contributed by atoms with van der Waals surface area (Å²) in [5, 5.41) is 16.8. The molecule has 52 valence electrons. The van der Waals surface area contributed by atoms with Crippen LogP contribution in [0.4, 0.5) is 0 Å². The quantitative estimate of drug-likeness (QED) is 0.280. The van der Waals surface area contributed by atoms with Gasteiger partial charge < -0.3 is 5.11 Å². The molecule has 0 aromatic heterocycles. The lowest BCUT2D eigenvalue weighted by molar-refractivity contribution is 0.385. The lowest BCUT2D eigenvalue weighted by Crippen LogP contribution is -1.79. The smallest absolute Gasteiger partial charge is 0.387 e. The summed E-state index contributed by atoms with van der Waals surface area (Å²) in [6, 6.07) is 0. The minimum absolute atomic E-state index is 0.0535. The first-order chi connectivity index (χ1) is 4.81. The second-order valence-corrected chi connectivity index (χ2v) is 1.79. The predicted molar refractivity (Wildman–Crippen MR) is 38.5 cm³/mol. The highest BCUT2D eigenvalue weighted by Gasteiger charge is 1.97. The topological polar surface area (TPSA) is 48.4 Å². The number of hydrogen-bond acceptors (Lipinski definition) is 2. The van der Waals surface area contributed by atoms with Crippen LogP contribution in [0.2, 0.25) is 0 Å². The summed E-state index contributed by atoms with van der Waals surface area (Å²) >= 11 is 0. The van der Waals surface area contributed by atoms with Gasteiger partial charge in [-0.1, -0.05) is 0 Å². The third-order valence-electron chi connectivity index (χ3n) is 0.961. The van der Waals surface area contributed by atoms with Crippen molar-refractivity contribution in [3.8, 4) is 12.3 Å². The van der Waals surface area contributed by atoms with Crippen LogP contribution >= 0.6 is 0 Å². The summed E-state index contributed by atoms with van der Waals surface area (Å²) in [5.41, 5.74) is 0. The number of diazo groups is 1. The van der Waals surface area contributed by atoms with Crippen molar-refractivity contribution in [2.75, 3.05) is 0 Å². The maximum atomic E-state index is 8.81. The van der Waals surface area contributed by atoms with Crippen LogP contribution < -0.4 is 0 Å². The molecule has 0 atom stereocenters. The Bertz CT molecular complexity index is 195. The lowest BCUT2D eigenvalue weighted by Gasteiger charge is -1.88. The zero-order chi connectivity index (χ0) is 7.82. The van der Waals surface area contributed by atoms with Gasteiger partial charge >= 0.3 is 6.20 Å². The fraction of sp³-hybridized carbons (Fsp3) is 0.429. The van der Waals surface area contributed by atoms with Gasteiger partial charge in [-0.3, -0.25) is 0 Å². The molecule has 3 heteroatoms. The van der Waals surface area contributed by atoms with Crippen molar-refractivity contribution in [3.05, 3.63) is 16.9 Å². The highest BCUT2D eigenvalue weighted by Crippen LogP contribution is 2.02. The van der Waals surface area contributed by atoms with Crippen molar-refractivity contribution in [3.63, 3.8) is 0 Å². The molecule has 0 rings (SSSR count). The Morgan fingerprint density at radius 1 is 1.80 bits per heavy atom. The molecule has 0 aromatic rings. The normalized spacial score (nSPS) is 10.0. The SMILES string of the molecule is C#CCCC/C(O)=C/[N+]#N. The molecule has 0 aliphatic rings. The molecule has 0 saturated heterocycles. The van der Waals surface area contributed by atoms with E-state index in [2.05, 4.69) is 10.9 Å². The van der Waals surface area contributed by atoms with Gasteiger partial charge in [0.1, 0.15) is 0 Å². The Balaban J connectivity index is 3.44. The minimum Gasteiger partial charge on any atom is -0.505 e. The summed E-state index contributed by atoms with van der Waals surface area (Å²) in [6.07, 6.45) is 7.77. The molecule has 0 radical (unpaired) electrons. The van der Waals surface area contributed by atoms with Crippen LogP contribution in [0.25, 0.3) is 4.98 Å². The predicted octanol–water partition coefficient (Wildman–Crippen LogP) is 2.04. The average Bonchev–Trinajstić information content (AvgIpc) is 1.89. The van der Waals surface area contributed by atoms with E-state index in [-0.39, 0.29) is 5.76 Å². The average molecular weight is 137 g/mol. The molecule has 0 unspecified atom stereocenters. The first-order valence-corrected chi connectivity index (χ1v) is 2.97. The van der Waals surface area contributed by atoms with Crippen molar-refractivity contribution in [1.29, 1.82) is 5.39 Å².